The number of halogens is 3. The fourth-order valence-electron chi connectivity index (χ4n) is 5.05. The van der Waals surface area contributed by atoms with E-state index in [1.807, 2.05) is 0 Å². The Labute approximate surface area is 230 Å². The van der Waals surface area contributed by atoms with E-state index >= 15 is 0 Å². The second-order valence-electron chi connectivity index (χ2n) is 10.1. The lowest BCUT2D eigenvalue weighted by atomic mass is 9.85. The van der Waals surface area contributed by atoms with Crippen LogP contribution in [-0.4, -0.2) is 33.5 Å². The lowest BCUT2D eigenvalue weighted by molar-refractivity contribution is -0.143. The van der Waals surface area contributed by atoms with E-state index in [2.05, 4.69) is 15.7 Å². The van der Waals surface area contributed by atoms with Gasteiger partial charge in [0.1, 0.15) is 6.04 Å². The van der Waals surface area contributed by atoms with Crippen molar-refractivity contribution in [1.29, 1.82) is 0 Å². The third-order valence-corrected chi connectivity index (χ3v) is 7.27. The van der Waals surface area contributed by atoms with Crippen LogP contribution in [0.25, 0.3) is 5.69 Å². The molecule has 1 heterocycles. The Morgan fingerprint density at radius 1 is 1.05 bits per heavy atom. The van der Waals surface area contributed by atoms with Crippen LogP contribution in [0.15, 0.2) is 54.7 Å². The molecule has 2 aromatic carbocycles. The third-order valence-electron chi connectivity index (χ3n) is 7.27. The van der Waals surface area contributed by atoms with Gasteiger partial charge >= 0.3 is 6.18 Å². The molecule has 212 valence electrons. The van der Waals surface area contributed by atoms with E-state index in [4.69, 9.17) is 5.73 Å². The van der Waals surface area contributed by atoms with Gasteiger partial charge in [-0.2, -0.15) is 18.3 Å². The second kappa shape index (κ2) is 12.4. The molecular weight excluding hydrogens is 523 g/mol. The van der Waals surface area contributed by atoms with Gasteiger partial charge in [0.15, 0.2) is 5.69 Å². The molecule has 4 rings (SSSR count). The summed E-state index contributed by atoms with van der Waals surface area (Å²) in [6.45, 7) is 1.64. The zero-order chi connectivity index (χ0) is 28.9. The number of carbonyl (C=O) groups is 3. The van der Waals surface area contributed by atoms with Gasteiger partial charge in [-0.25, -0.2) is 4.68 Å². The SMILES string of the molecule is Cc1ccc(C(=O)N[C@@H](CCC2CCCCC2)C(N)=O)cc1NC(=O)c1cnn(-c2ccccc2)c1C(F)(F)F. The van der Waals surface area contributed by atoms with E-state index in [-0.39, 0.29) is 16.9 Å². The smallest absolute Gasteiger partial charge is 0.368 e. The molecule has 0 unspecified atom stereocenters. The number of aromatic nitrogens is 2. The molecule has 8 nitrogen and oxygen atoms in total. The molecule has 1 fully saturated rings. The highest BCUT2D eigenvalue weighted by Crippen LogP contribution is 2.34. The van der Waals surface area contributed by atoms with Gasteiger partial charge in [-0.1, -0.05) is 56.4 Å². The number of carbonyl (C=O) groups excluding carboxylic acids is 3. The highest BCUT2D eigenvalue weighted by Gasteiger charge is 2.40. The standard InChI is InChI=1S/C29H32F3N5O3/c1-18-12-14-20(27(39)35-23(26(33)38)15-13-19-8-4-2-5-9-19)16-24(18)36-28(40)22-17-34-37(25(22)29(30,31)32)21-10-6-3-7-11-21/h3,6-7,10-12,14,16-17,19,23H,2,4-5,8-9,13,15H2,1H3,(H2,33,38)(H,35,39)(H,36,40)/t23-/m0/s1. The number of nitrogens with one attached hydrogen (secondary N) is 2. The van der Waals surface area contributed by atoms with Crippen LogP contribution in [-0.2, 0) is 11.0 Å². The van der Waals surface area contributed by atoms with Crippen LogP contribution in [0.4, 0.5) is 18.9 Å². The summed E-state index contributed by atoms with van der Waals surface area (Å²) < 4.78 is 42.7. The highest BCUT2D eigenvalue weighted by molar-refractivity contribution is 6.06. The topological polar surface area (TPSA) is 119 Å². The molecule has 1 aliphatic carbocycles. The van der Waals surface area contributed by atoms with Crippen molar-refractivity contribution in [1.82, 2.24) is 15.1 Å². The fourth-order valence-corrected chi connectivity index (χ4v) is 5.05. The maximum Gasteiger partial charge on any atom is 0.434 e. The zero-order valence-electron chi connectivity index (χ0n) is 22.1. The monoisotopic (exact) mass is 555 g/mol. The first kappa shape index (κ1) is 28.8. The lowest BCUT2D eigenvalue weighted by Gasteiger charge is -2.23. The minimum atomic E-state index is -4.86. The lowest BCUT2D eigenvalue weighted by Crippen LogP contribution is -2.44. The highest BCUT2D eigenvalue weighted by atomic mass is 19.4. The van der Waals surface area contributed by atoms with Crippen LogP contribution in [0.1, 0.15) is 76.9 Å². The Bertz CT molecular complexity index is 1360. The van der Waals surface area contributed by atoms with Gasteiger partial charge in [-0.15, -0.1) is 0 Å². The number of nitrogens with zero attached hydrogens (tertiary/aromatic N) is 2. The summed E-state index contributed by atoms with van der Waals surface area (Å²) in [6, 6.07) is 11.3. The van der Waals surface area contributed by atoms with E-state index in [1.54, 1.807) is 31.2 Å². The molecule has 0 bridgehead atoms. The van der Waals surface area contributed by atoms with Crippen molar-refractivity contribution in [2.24, 2.45) is 11.7 Å². The van der Waals surface area contributed by atoms with Gasteiger partial charge in [0.05, 0.1) is 17.4 Å². The van der Waals surface area contributed by atoms with Crippen LogP contribution in [0, 0.1) is 12.8 Å². The number of amides is 3. The Morgan fingerprint density at radius 2 is 1.75 bits per heavy atom. The van der Waals surface area contributed by atoms with Gasteiger partial charge in [0.2, 0.25) is 5.91 Å². The van der Waals surface area contributed by atoms with Gasteiger partial charge in [-0.05, 0) is 55.5 Å². The number of alkyl halides is 3. The predicted octanol–water partition coefficient (Wildman–Crippen LogP) is 5.40. The maximum atomic E-state index is 14.0. The van der Waals surface area contributed by atoms with Gasteiger partial charge in [0, 0.05) is 11.3 Å². The summed E-state index contributed by atoms with van der Waals surface area (Å²) >= 11 is 0. The quantitative estimate of drug-likeness (QED) is 0.328. The van der Waals surface area contributed by atoms with Crippen molar-refractivity contribution >= 4 is 23.4 Å². The van der Waals surface area contributed by atoms with E-state index in [0.717, 1.165) is 38.3 Å². The van der Waals surface area contributed by atoms with Gasteiger partial charge < -0.3 is 16.4 Å². The third kappa shape index (κ3) is 6.88. The van der Waals surface area contributed by atoms with Gasteiger partial charge in [-0.3, -0.25) is 14.4 Å². The normalized spacial score (nSPS) is 14.9. The van der Waals surface area contributed by atoms with E-state index in [9.17, 15) is 27.6 Å². The van der Waals surface area contributed by atoms with Crippen LogP contribution in [0.2, 0.25) is 0 Å². The fraction of sp³-hybridized carbons (Fsp3) is 0.379. The number of rotatable bonds is 9. The zero-order valence-corrected chi connectivity index (χ0v) is 22.1. The first-order valence-corrected chi connectivity index (χ1v) is 13.3. The predicted molar refractivity (Wildman–Crippen MR) is 144 cm³/mol. The molecule has 0 spiro atoms. The summed E-state index contributed by atoms with van der Waals surface area (Å²) in [5.74, 6) is -1.74. The van der Waals surface area contributed by atoms with Crippen LogP contribution in [0.3, 0.4) is 0 Å². The number of primary amides is 1. The molecule has 1 atom stereocenters. The largest absolute Gasteiger partial charge is 0.434 e. The average molecular weight is 556 g/mol. The average Bonchev–Trinajstić information content (AvgIpc) is 3.39. The number of nitrogens with two attached hydrogens (primary N) is 1. The Balaban J connectivity index is 1.51. The first-order chi connectivity index (χ1) is 19.0. The summed E-state index contributed by atoms with van der Waals surface area (Å²) in [5.41, 5.74) is 4.61. The van der Waals surface area contributed by atoms with Crippen molar-refractivity contribution in [3.8, 4) is 5.69 Å². The number of hydrogen-bond acceptors (Lipinski definition) is 4. The molecule has 1 aliphatic rings. The minimum Gasteiger partial charge on any atom is -0.368 e. The number of anilines is 1. The molecule has 40 heavy (non-hydrogen) atoms. The van der Waals surface area contributed by atoms with Crippen molar-refractivity contribution in [2.75, 3.05) is 5.32 Å². The molecule has 11 heteroatoms. The van der Waals surface area contributed by atoms with Crippen LogP contribution >= 0.6 is 0 Å². The van der Waals surface area contributed by atoms with E-state index in [0.29, 0.717) is 22.6 Å². The Hall–Kier alpha value is -4.15. The number of benzene rings is 2. The molecule has 0 radical (unpaired) electrons. The second-order valence-corrected chi connectivity index (χ2v) is 10.1. The molecule has 0 saturated heterocycles. The number of aryl methyl sites for hydroxylation is 1. The molecule has 3 amide bonds. The molecule has 1 saturated carbocycles. The van der Waals surface area contributed by atoms with Gasteiger partial charge in [0.25, 0.3) is 11.8 Å². The molecule has 1 aromatic heterocycles. The summed E-state index contributed by atoms with van der Waals surface area (Å²) in [7, 11) is 0. The van der Waals surface area contributed by atoms with Crippen molar-refractivity contribution in [2.45, 2.75) is 64.1 Å². The van der Waals surface area contributed by atoms with E-state index in [1.165, 1.54) is 30.7 Å². The Kier molecular flexibility index (Phi) is 8.91. The number of hydrogen-bond donors (Lipinski definition) is 3. The van der Waals surface area contributed by atoms with E-state index < -0.39 is 41.2 Å². The number of para-hydroxylation sites is 1. The first-order valence-electron chi connectivity index (χ1n) is 13.3. The van der Waals surface area contributed by atoms with Crippen molar-refractivity contribution in [3.05, 3.63) is 77.1 Å². The summed E-state index contributed by atoms with van der Waals surface area (Å²) in [5, 5.41) is 8.96. The Morgan fingerprint density at radius 3 is 2.40 bits per heavy atom. The molecule has 0 aliphatic heterocycles. The summed E-state index contributed by atoms with van der Waals surface area (Å²) in [6.07, 6.45) is 2.93. The summed E-state index contributed by atoms with van der Waals surface area (Å²) in [4.78, 5) is 38.0. The minimum absolute atomic E-state index is 0.126. The van der Waals surface area contributed by atoms with Crippen molar-refractivity contribution in [3.63, 3.8) is 0 Å². The molecular formula is C29H32F3N5O3. The molecule has 3 aromatic rings. The van der Waals surface area contributed by atoms with Crippen LogP contribution in [0.5, 0.6) is 0 Å². The van der Waals surface area contributed by atoms with Crippen LogP contribution < -0.4 is 16.4 Å². The van der Waals surface area contributed by atoms with Crippen molar-refractivity contribution < 1.29 is 27.6 Å². The maximum absolute atomic E-state index is 14.0. The molecule has 4 N–H and O–H groups in total.